The van der Waals surface area contributed by atoms with Gasteiger partial charge in [0.1, 0.15) is 0 Å². The fraction of sp³-hybridized carbons (Fsp3) is 0.350. The van der Waals surface area contributed by atoms with Crippen molar-refractivity contribution in [3.05, 3.63) is 54.1 Å². The summed E-state index contributed by atoms with van der Waals surface area (Å²) in [5.41, 5.74) is 2.54. The predicted molar refractivity (Wildman–Crippen MR) is 98.9 cm³/mol. The van der Waals surface area contributed by atoms with E-state index < -0.39 is 18.2 Å². The third-order valence-corrected chi connectivity index (χ3v) is 5.12. The molecule has 0 atom stereocenters. The number of rotatable bonds is 4. The number of aromatic nitrogens is 1. The Morgan fingerprint density at radius 3 is 2.70 bits per heavy atom. The average molecular weight is 375 g/mol. The fourth-order valence-corrected chi connectivity index (χ4v) is 3.84. The number of anilines is 2. The fourth-order valence-electron chi connectivity index (χ4n) is 3.84. The lowest BCUT2D eigenvalue weighted by Crippen LogP contribution is -2.46. The lowest BCUT2D eigenvalue weighted by atomic mass is 9.98. The standard InChI is InChI=1S/C20H20F3N3O/c21-17-11-14-3-2-8-26(18(14)12-19(17)27-20(22)23)15-5-9-25(10-6-15)16-4-1-7-24-13-16/h1-4,7,11-13,15,20H,5-6,8-10H2. The van der Waals surface area contributed by atoms with E-state index in [2.05, 4.69) is 19.5 Å². The van der Waals surface area contributed by atoms with Crippen LogP contribution in [-0.4, -0.2) is 37.3 Å². The van der Waals surface area contributed by atoms with Crippen molar-refractivity contribution >= 4 is 17.5 Å². The van der Waals surface area contributed by atoms with Gasteiger partial charge in [0.2, 0.25) is 0 Å². The smallest absolute Gasteiger partial charge is 0.387 e. The van der Waals surface area contributed by atoms with E-state index >= 15 is 0 Å². The van der Waals surface area contributed by atoms with Crippen molar-refractivity contribution < 1.29 is 17.9 Å². The molecule has 1 saturated heterocycles. The summed E-state index contributed by atoms with van der Waals surface area (Å²) in [6.45, 7) is -0.612. The van der Waals surface area contributed by atoms with E-state index in [-0.39, 0.29) is 6.04 Å². The third-order valence-electron chi connectivity index (χ3n) is 5.12. The summed E-state index contributed by atoms with van der Waals surface area (Å²) in [6.07, 6.45) is 9.26. The van der Waals surface area contributed by atoms with E-state index in [1.54, 1.807) is 6.20 Å². The van der Waals surface area contributed by atoms with Gasteiger partial charge in [0.15, 0.2) is 11.6 Å². The zero-order chi connectivity index (χ0) is 18.8. The van der Waals surface area contributed by atoms with Crippen LogP contribution in [-0.2, 0) is 0 Å². The highest BCUT2D eigenvalue weighted by atomic mass is 19.3. The van der Waals surface area contributed by atoms with Crippen molar-refractivity contribution in [3.8, 4) is 5.75 Å². The molecule has 2 aromatic rings. The van der Waals surface area contributed by atoms with Crippen molar-refractivity contribution in [2.24, 2.45) is 0 Å². The number of piperidine rings is 1. The molecule has 4 nitrogen and oxygen atoms in total. The zero-order valence-electron chi connectivity index (χ0n) is 14.7. The van der Waals surface area contributed by atoms with Crippen LogP contribution in [0.3, 0.4) is 0 Å². The van der Waals surface area contributed by atoms with Crippen LogP contribution in [0.25, 0.3) is 6.08 Å². The van der Waals surface area contributed by atoms with Crippen LogP contribution in [0, 0.1) is 5.82 Å². The van der Waals surface area contributed by atoms with Gasteiger partial charge in [-0.15, -0.1) is 0 Å². The Hall–Kier alpha value is -2.70. The van der Waals surface area contributed by atoms with E-state index in [4.69, 9.17) is 0 Å². The molecule has 0 aliphatic carbocycles. The molecule has 0 amide bonds. The van der Waals surface area contributed by atoms with Crippen molar-refractivity contribution in [3.63, 3.8) is 0 Å². The topological polar surface area (TPSA) is 28.6 Å². The number of benzene rings is 1. The number of hydrogen-bond donors (Lipinski definition) is 0. The number of fused-ring (bicyclic) bond motifs is 1. The van der Waals surface area contributed by atoms with Gasteiger partial charge in [-0.3, -0.25) is 4.98 Å². The first-order valence-electron chi connectivity index (χ1n) is 8.98. The molecule has 27 heavy (non-hydrogen) atoms. The molecule has 0 bridgehead atoms. The SMILES string of the molecule is Fc1cc2c(cc1OC(F)F)N(C1CCN(c3cccnc3)CC1)CC=C2. The summed E-state index contributed by atoms with van der Waals surface area (Å²) in [7, 11) is 0. The molecular weight excluding hydrogens is 355 g/mol. The quantitative estimate of drug-likeness (QED) is 0.796. The van der Waals surface area contributed by atoms with E-state index in [1.165, 1.54) is 12.1 Å². The molecule has 142 valence electrons. The highest BCUT2D eigenvalue weighted by molar-refractivity contribution is 5.73. The van der Waals surface area contributed by atoms with Crippen LogP contribution in [0.2, 0.25) is 0 Å². The first-order chi connectivity index (χ1) is 13.1. The van der Waals surface area contributed by atoms with Crippen molar-refractivity contribution in [2.45, 2.75) is 25.5 Å². The van der Waals surface area contributed by atoms with Crippen LogP contribution >= 0.6 is 0 Å². The number of alkyl halides is 2. The second-order valence-electron chi connectivity index (χ2n) is 6.70. The van der Waals surface area contributed by atoms with Gasteiger partial charge in [0.05, 0.1) is 11.9 Å². The summed E-state index contributed by atoms with van der Waals surface area (Å²) in [5, 5.41) is 0. The van der Waals surface area contributed by atoms with Crippen LogP contribution in [0.5, 0.6) is 5.75 Å². The van der Waals surface area contributed by atoms with Crippen LogP contribution in [0.15, 0.2) is 42.7 Å². The number of halogens is 3. The first-order valence-corrected chi connectivity index (χ1v) is 8.98. The predicted octanol–water partition coefficient (Wildman–Crippen LogP) is 4.32. The number of nitrogens with zero attached hydrogens (tertiary/aromatic N) is 3. The number of hydrogen-bond acceptors (Lipinski definition) is 4. The minimum Gasteiger partial charge on any atom is -0.432 e. The maximum atomic E-state index is 14.0. The maximum Gasteiger partial charge on any atom is 0.387 e. The van der Waals surface area contributed by atoms with Gasteiger partial charge < -0.3 is 14.5 Å². The molecule has 0 radical (unpaired) electrons. The van der Waals surface area contributed by atoms with Crippen molar-refractivity contribution in [2.75, 3.05) is 29.4 Å². The molecule has 1 fully saturated rings. The molecule has 4 rings (SSSR count). The zero-order valence-corrected chi connectivity index (χ0v) is 14.7. The van der Waals surface area contributed by atoms with Gasteiger partial charge >= 0.3 is 6.61 Å². The van der Waals surface area contributed by atoms with E-state index in [1.807, 2.05) is 30.5 Å². The Kier molecular flexibility index (Phi) is 4.92. The van der Waals surface area contributed by atoms with Gasteiger partial charge in [0.25, 0.3) is 0 Å². The largest absolute Gasteiger partial charge is 0.432 e. The summed E-state index contributed by atoms with van der Waals surface area (Å²) in [4.78, 5) is 8.62. The van der Waals surface area contributed by atoms with Gasteiger partial charge in [-0.2, -0.15) is 8.78 Å². The second kappa shape index (κ2) is 7.50. The number of ether oxygens (including phenoxy) is 1. The molecule has 2 aliphatic rings. The molecule has 1 aromatic heterocycles. The molecule has 0 N–H and O–H groups in total. The molecule has 2 aliphatic heterocycles. The second-order valence-corrected chi connectivity index (χ2v) is 6.70. The van der Waals surface area contributed by atoms with Crippen molar-refractivity contribution in [1.82, 2.24) is 4.98 Å². The van der Waals surface area contributed by atoms with Crippen LogP contribution in [0.4, 0.5) is 24.5 Å². The molecule has 7 heteroatoms. The Bertz CT molecular complexity index is 821. The number of pyridine rings is 1. The first kappa shape index (κ1) is 17.7. The van der Waals surface area contributed by atoms with Crippen LogP contribution < -0.4 is 14.5 Å². The third kappa shape index (κ3) is 3.72. The Balaban J connectivity index is 1.52. The monoisotopic (exact) mass is 375 g/mol. The lowest BCUT2D eigenvalue weighted by Gasteiger charge is -2.41. The summed E-state index contributed by atoms with van der Waals surface area (Å²) in [5.74, 6) is -1.18. The van der Waals surface area contributed by atoms with Gasteiger partial charge in [-0.1, -0.05) is 12.2 Å². The summed E-state index contributed by atoms with van der Waals surface area (Å²) in [6, 6.07) is 6.88. The normalized spacial score (nSPS) is 17.3. The molecule has 1 aromatic carbocycles. The Morgan fingerprint density at radius 2 is 2.00 bits per heavy atom. The van der Waals surface area contributed by atoms with Gasteiger partial charge in [0, 0.05) is 49.2 Å². The molecule has 0 unspecified atom stereocenters. The Morgan fingerprint density at radius 1 is 1.19 bits per heavy atom. The highest BCUT2D eigenvalue weighted by Crippen LogP contribution is 2.36. The van der Waals surface area contributed by atoms with Crippen molar-refractivity contribution in [1.29, 1.82) is 0 Å². The minimum atomic E-state index is -3.05. The molecule has 0 spiro atoms. The molecule has 3 heterocycles. The average Bonchev–Trinajstić information content (AvgIpc) is 2.69. The lowest BCUT2D eigenvalue weighted by molar-refractivity contribution is -0.0521. The van der Waals surface area contributed by atoms with Gasteiger partial charge in [-0.05, 0) is 31.0 Å². The van der Waals surface area contributed by atoms with E-state index in [0.29, 0.717) is 12.1 Å². The highest BCUT2D eigenvalue weighted by Gasteiger charge is 2.28. The van der Waals surface area contributed by atoms with E-state index in [0.717, 1.165) is 37.3 Å². The van der Waals surface area contributed by atoms with E-state index in [9.17, 15) is 13.2 Å². The summed E-state index contributed by atoms with van der Waals surface area (Å²) < 4.78 is 43.5. The summed E-state index contributed by atoms with van der Waals surface area (Å²) >= 11 is 0. The van der Waals surface area contributed by atoms with Gasteiger partial charge in [-0.25, -0.2) is 4.39 Å². The molecular formula is C20H20F3N3O. The molecule has 0 saturated carbocycles. The Labute approximate surface area is 155 Å². The minimum absolute atomic E-state index is 0.256. The maximum absolute atomic E-state index is 14.0. The van der Waals surface area contributed by atoms with Crippen LogP contribution in [0.1, 0.15) is 18.4 Å².